The van der Waals surface area contributed by atoms with Gasteiger partial charge in [0.2, 0.25) is 0 Å². The minimum Gasteiger partial charge on any atom is -0.466 e. The summed E-state index contributed by atoms with van der Waals surface area (Å²) in [5, 5.41) is 0. The molecule has 2 aromatic rings. The van der Waals surface area contributed by atoms with Gasteiger partial charge in [0.1, 0.15) is 0 Å². The van der Waals surface area contributed by atoms with E-state index in [0.717, 1.165) is 22.3 Å². The monoisotopic (exact) mass is 394 g/mol. The molecule has 0 amide bonds. The molecule has 154 valence electrons. The largest absolute Gasteiger partial charge is 0.466 e. The second-order valence-corrected chi connectivity index (χ2v) is 7.39. The van der Waals surface area contributed by atoms with E-state index in [1.165, 1.54) is 0 Å². The molecule has 1 aliphatic rings. The van der Waals surface area contributed by atoms with E-state index < -0.39 is 17.3 Å². The summed E-state index contributed by atoms with van der Waals surface area (Å²) < 4.78 is 11.0. The third-order valence-electron chi connectivity index (χ3n) is 6.09. The molecule has 0 bridgehead atoms. The molecule has 0 saturated carbocycles. The number of carbonyl (C=O) groups is 2. The van der Waals surface area contributed by atoms with Gasteiger partial charge in [-0.1, -0.05) is 62.4 Å². The summed E-state index contributed by atoms with van der Waals surface area (Å²) in [6.07, 6.45) is 1.13. The minimum atomic E-state index is -0.810. The second kappa shape index (κ2) is 8.81. The van der Waals surface area contributed by atoms with E-state index in [-0.39, 0.29) is 11.9 Å². The van der Waals surface area contributed by atoms with Crippen LogP contribution in [-0.2, 0) is 24.5 Å². The van der Waals surface area contributed by atoms with Crippen molar-refractivity contribution in [1.82, 2.24) is 0 Å². The standard InChI is InChI=1S/C25H30O4/c1-5-19(23(26)28-7-3)25(20(6-2)24(27)29-8-4)21-15-11-9-13-17(21)18-14-10-12-16-22(18)25/h9-16,19-20H,5-8H2,1-4H3. The molecule has 0 saturated heterocycles. The molecule has 1 aliphatic carbocycles. The molecule has 0 aromatic heterocycles. The summed E-state index contributed by atoms with van der Waals surface area (Å²) in [4.78, 5) is 26.4. The number of benzene rings is 2. The first-order valence-corrected chi connectivity index (χ1v) is 10.6. The van der Waals surface area contributed by atoms with Crippen LogP contribution < -0.4 is 0 Å². The smallest absolute Gasteiger partial charge is 0.310 e. The first-order chi connectivity index (χ1) is 14.1. The molecule has 2 aromatic carbocycles. The van der Waals surface area contributed by atoms with Gasteiger partial charge in [0.15, 0.2) is 0 Å². The Hall–Kier alpha value is -2.62. The quantitative estimate of drug-likeness (QED) is 0.582. The summed E-state index contributed by atoms with van der Waals surface area (Å²) in [6, 6.07) is 16.2. The van der Waals surface area contributed by atoms with Gasteiger partial charge in [-0.25, -0.2) is 0 Å². The predicted octanol–water partition coefficient (Wildman–Crippen LogP) is 5.13. The summed E-state index contributed by atoms with van der Waals surface area (Å²) >= 11 is 0. The molecule has 0 heterocycles. The number of rotatable bonds is 8. The normalized spacial score (nSPS) is 15.7. The Morgan fingerprint density at radius 2 is 1.10 bits per heavy atom. The van der Waals surface area contributed by atoms with E-state index in [0.29, 0.717) is 26.1 Å². The highest BCUT2D eigenvalue weighted by atomic mass is 16.5. The zero-order valence-corrected chi connectivity index (χ0v) is 17.7. The lowest BCUT2D eigenvalue weighted by atomic mass is 9.59. The topological polar surface area (TPSA) is 52.6 Å². The van der Waals surface area contributed by atoms with Gasteiger partial charge in [0.25, 0.3) is 0 Å². The maximum absolute atomic E-state index is 13.2. The van der Waals surface area contributed by atoms with E-state index in [1.54, 1.807) is 0 Å². The van der Waals surface area contributed by atoms with Gasteiger partial charge in [-0.15, -0.1) is 0 Å². The van der Waals surface area contributed by atoms with Crippen molar-refractivity contribution in [2.24, 2.45) is 11.8 Å². The highest BCUT2D eigenvalue weighted by Gasteiger charge is 2.57. The summed E-state index contributed by atoms with van der Waals surface area (Å²) in [5.74, 6) is -1.49. The van der Waals surface area contributed by atoms with Crippen molar-refractivity contribution in [3.63, 3.8) is 0 Å². The van der Waals surface area contributed by atoms with Crippen LogP contribution >= 0.6 is 0 Å². The van der Waals surface area contributed by atoms with Gasteiger partial charge in [-0.05, 0) is 48.9 Å². The van der Waals surface area contributed by atoms with Gasteiger partial charge in [-0.3, -0.25) is 9.59 Å². The molecular weight excluding hydrogens is 364 g/mol. The molecule has 3 rings (SSSR count). The highest BCUT2D eigenvalue weighted by molar-refractivity contribution is 5.90. The lowest BCUT2D eigenvalue weighted by Crippen LogP contribution is -2.49. The van der Waals surface area contributed by atoms with Crippen LogP contribution in [0.3, 0.4) is 0 Å². The van der Waals surface area contributed by atoms with E-state index in [2.05, 4.69) is 24.3 Å². The molecule has 29 heavy (non-hydrogen) atoms. The minimum absolute atomic E-state index is 0.260. The van der Waals surface area contributed by atoms with Crippen LogP contribution in [-0.4, -0.2) is 25.2 Å². The molecule has 4 nitrogen and oxygen atoms in total. The Bertz CT molecular complexity index is 812. The van der Waals surface area contributed by atoms with E-state index in [1.807, 2.05) is 52.0 Å². The first-order valence-electron chi connectivity index (χ1n) is 10.6. The SMILES string of the molecule is CCOC(=O)C(CC)C1(C(CC)C(=O)OCC)c2ccccc2-c2ccccc21. The fourth-order valence-electron chi connectivity index (χ4n) is 5.13. The van der Waals surface area contributed by atoms with Crippen molar-refractivity contribution < 1.29 is 19.1 Å². The maximum Gasteiger partial charge on any atom is 0.310 e. The fourth-order valence-corrected chi connectivity index (χ4v) is 5.13. The molecule has 2 atom stereocenters. The van der Waals surface area contributed by atoms with E-state index >= 15 is 0 Å². The number of ether oxygens (including phenoxy) is 2. The Morgan fingerprint density at radius 1 is 0.724 bits per heavy atom. The predicted molar refractivity (Wildman–Crippen MR) is 113 cm³/mol. The van der Waals surface area contributed by atoms with Crippen molar-refractivity contribution in [3.05, 3.63) is 59.7 Å². The molecule has 0 N–H and O–H groups in total. The lowest BCUT2D eigenvalue weighted by molar-refractivity contribution is -0.156. The van der Waals surface area contributed by atoms with Crippen LogP contribution in [0.4, 0.5) is 0 Å². The summed E-state index contributed by atoms with van der Waals surface area (Å²) in [6.45, 7) is 8.23. The van der Waals surface area contributed by atoms with Gasteiger partial charge in [-0.2, -0.15) is 0 Å². The molecule has 0 spiro atoms. The van der Waals surface area contributed by atoms with Crippen molar-refractivity contribution in [1.29, 1.82) is 0 Å². The van der Waals surface area contributed by atoms with Crippen molar-refractivity contribution >= 4 is 11.9 Å². The first kappa shape index (κ1) is 21.1. The van der Waals surface area contributed by atoms with E-state index in [9.17, 15) is 9.59 Å². The van der Waals surface area contributed by atoms with Crippen LogP contribution in [0.5, 0.6) is 0 Å². The molecule has 2 unspecified atom stereocenters. The summed E-state index contributed by atoms with van der Waals surface area (Å²) in [5.41, 5.74) is 3.37. The van der Waals surface area contributed by atoms with Gasteiger partial charge in [0.05, 0.1) is 25.0 Å². The number of fused-ring (bicyclic) bond motifs is 3. The highest BCUT2D eigenvalue weighted by Crippen LogP contribution is 2.58. The summed E-state index contributed by atoms with van der Waals surface area (Å²) in [7, 11) is 0. The van der Waals surface area contributed by atoms with Crippen LogP contribution in [0.2, 0.25) is 0 Å². The van der Waals surface area contributed by atoms with Crippen molar-refractivity contribution in [2.45, 2.75) is 46.0 Å². The van der Waals surface area contributed by atoms with Crippen molar-refractivity contribution in [2.75, 3.05) is 13.2 Å². The Labute approximate surface area is 173 Å². The number of hydrogen-bond donors (Lipinski definition) is 0. The zero-order chi connectivity index (χ0) is 21.0. The third-order valence-corrected chi connectivity index (χ3v) is 6.09. The third kappa shape index (κ3) is 3.25. The lowest BCUT2D eigenvalue weighted by Gasteiger charge is -2.42. The van der Waals surface area contributed by atoms with Crippen LogP contribution in [0.1, 0.15) is 51.7 Å². The van der Waals surface area contributed by atoms with Crippen molar-refractivity contribution in [3.8, 4) is 11.1 Å². The molecule has 0 aliphatic heterocycles. The van der Waals surface area contributed by atoms with Gasteiger partial charge < -0.3 is 9.47 Å². The van der Waals surface area contributed by atoms with Crippen LogP contribution in [0.15, 0.2) is 48.5 Å². The number of carbonyl (C=O) groups excluding carboxylic acids is 2. The molecule has 0 fully saturated rings. The molecular formula is C25H30O4. The average Bonchev–Trinajstić information content (AvgIpc) is 3.01. The Kier molecular flexibility index (Phi) is 6.41. The molecule has 4 heteroatoms. The molecule has 0 radical (unpaired) electrons. The number of esters is 2. The average molecular weight is 395 g/mol. The number of hydrogen-bond acceptors (Lipinski definition) is 4. The van der Waals surface area contributed by atoms with Crippen LogP contribution in [0, 0.1) is 11.8 Å². The maximum atomic E-state index is 13.2. The van der Waals surface area contributed by atoms with Gasteiger partial charge >= 0.3 is 11.9 Å². The second-order valence-electron chi connectivity index (χ2n) is 7.39. The fraction of sp³-hybridized carbons (Fsp3) is 0.440. The Morgan fingerprint density at radius 3 is 1.45 bits per heavy atom. The zero-order valence-electron chi connectivity index (χ0n) is 17.7. The Balaban J connectivity index is 2.37. The van der Waals surface area contributed by atoms with Crippen LogP contribution in [0.25, 0.3) is 11.1 Å². The van der Waals surface area contributed by atoms with Gasteiger partial charge in [0, 0.05) is 5.41 Å². The van der Waals surface area contributed by atoms with E-state index in [4.69, 9.17) is 9.47 Å².